The standard InChI is InChI=1S/C13H12.2CHNO.Li.H/c1-3-7-12(8-4-1)11-13-9-5-2-6-10-13;2*2-1-3;;/h1-10H,11H2;2*2H;;. The van der Waals surface area contributed by atoms with E-state index in [0.717, 1.165) is 18.6 Å². The molecule has 0 aliphatic heterocycles. The predicted molar refractivity (Wildman–Crippen MR) is 79.7 cm³/mol. The maximum absolute atomic E-state index is 8.35. The molecule has 0 saturated carbocycles. The minimum Gasteiger partial charge on any atom is -0.0622 e. The Hall–Kier alpha value is -2.20. The summed E-state index contributed by atoms with van der Waals surface area (Å²) in [5.41, 5.74) is 2.74. The van der Waals surface area contributed by atoms with Crippen LogP contribution in [0.2, 0.25) is 0 Å². The summed E-state index contributed by atoms with van der Waals surface area (Å²) in [4.78, 5) is 16.7. The summed E-state index contributed by atoms with van der Waals surface area (Å²) in [5.74, 6) is 0. The Morgan fingerprint density at radius 3 is 1.20 bits per heavy atom. The van der Waals surface area contributed by atoms with Crippen LogP contribution in [0.3, 0.4) is 0 Å². The minimum atomic E-state index is 0. The van der Waals surface area contributed by atoms with Crippen molar-refractivity contribution in [2.75, 3.05) is 0 Å². The first kappa shape index (κ1) is 20.1. The van der Waals surface area contributed by atoms with E-state index in [-0.39, 0.29) is 18.9 Å². The normalized spacial score (nSPS) is 7.20. The molecule has 0 atom stereocenters. The second-order valence-corrected chi connectivity index (χ2v) is 3.35. The number of isocyanates is 2. The van der Waals surface area contributed by atoms with Gasteiger partial charge in [0, 0.05) is 0 Å². The van der Waals surface area contributed by atoms with E-state index in [4.69, 9.17) is 20.4 Å². The van der Waals surface area contributed by atoms with Crippen LogP contribution in [0.15, 0.2) is 60.7 Å². The van der Waals surface area contributed by atoms with Crippen LogP contribution in [0, 0.1) is 10.8 Å². The zero-order valence-corrected chi connectivity index (χ0v) is 10.3. The van der Waals surface area contributed by atoms with Gasteiger partial charge in [-0.05, 0) is 17.5 Å². The van der Waals surface area contributed by atoms with E-state index in [0.29, 0.717) is 0 Å². The Kier molecular flexibility index (Phi) is 14.9. The van der Waals surface area contributed by atoms with Crippen LogP contribution in [0.25, 0.3) is 0 Å². The third-order valence-electron chi connectivity index (χ3n) is 2.09. The quantitative estimate of drug-likeness (QED) is 0.495. The minimum absolute atomic E-state index is 0. The Bertz CT molecular complexity index is 469. The second kappa shape index (κ2) is 14.9. The molecule has 4 nitrogen and oxygen atoms in total. The first-order valence-corrected chi connectivity index (χ1v) is 5.44. The molecule has 0 radical (unpaired) electrons. The third kappa shape index (κ3) is 10.9. The van der Waals surface area contributed by atoms with Gasteiger partial charge in [-0.15, -0.1) is 0 Å². The molecule has 20 heavy (non-hydrogen) atoms. The number of nitrogens with one attached hydrogen (secondary N) is 2. The van der Waals surface area contributed by atoms with Gasteiger partial charge in [0.05, 0.1) is 0 Å². The van der Waals surface area contributed by atoms with Gasteiger partial charge >= 0.3 is 18.9 Å². The molecule has 0 bridgehead atoms. The topological polar surface area (TPSA) is 81.8 Å². The van der Waals surface area contributed by atoms with E-state index in [1.54, 1.807) is 0 Å². The fourth-order valence-electron chi connectivity index (χ4n) is 1.43. The molecule has 0 unspecified atom stereocenters. The number of benzene rings is 2. The van der Waals surface area contributed by atoms with Gasteiger partial charge in [-0.2, -0.15) is 0 Å². The number of carbonyl (C=O) groups excluding carboxylic acids is 2. The molecular weight excluding hydrogens is 247 g/mol. The zero-order valence-electron chi connectivity index (χ0n) is 10.3. The van der Waals surface area contributed by atoms with Crippen molar-refractivity contribution < 1.29 is 9.59 Å². The number of hydrogen-bond donors (Lipinski definition) is 2. The summed E-state index contributed by atoms with van der Waals surface area (Å²) in [5, 5.41) is 10.8. The van der Waals surface area contributed by atoms with Crippen LogP contribution in [-0.2, 0) is 16.0 Å². The van der Waals surface area contributed by atoms with Gasteiger partial charge in [0.2, 0.25) is 12.2 Å². The molecule has 0 saturated heterocycles. The van der Waals surface area contributed by atoms with Crippen LogP contribution in [0.4, 0.5) is 0 Å². The average molecular weight is 262 g/mol. The molecule has 2 rings (SSSR count). The SMILES string of the molecule is N=C=O.N=C=O.[LiH].c1ccc(Cc2ccccc2)cc1. The van der Waals surface area contributed by atoms with Crippen LogP contribution in [0.1, 0.15) is 11.1 Å². The Morgan fingerprint density at radius 2 is 0.950 bits per heavy atom. The van der Waals surface area contributed by atoms with Crippen molar-refractivity contribution in [2.45, 2.75) is 6.42 Å². The van der Waals surface area contributed by atoms with Gasteiger partial charge in [0.25, 0.3) is 0 Å². The Morgan fingerprint density at radius 1 is 0.700 bits per heavy atom. The van der Waals surface area contributed by atoms with Crippen molar-refractivity contribution >= 4 is 31.0 Å². The molecular formula is C15H15LiN2O2. The predicted octanol–water partition coefficient (Wildman–Crippen LogP) is 2.43. The van der Waals surface area contributed by atoms with Gasteiger partial charge in [-0.1, -0.05) is 60.7 Å². The van der Waals surface area contributed by atoms with E-state index < -0.39 is 0 Å². The Balaban J connectivity index is 0. The summed E-state index contributed by atoms with van der Waals surface area (Å²) in [6.45, 7) is 0. The number of rotatable bonds is 2. The summed E-state index contributed by atoms with van der Waals surface area (Å²) >= 11 is 0. The molecule has 98 valence electrons. The largest absolute Gasteiger partial charge is 0.0622 e. The molecule has 0 aromatic heterocycles. The smallest absolute Gasteiger partial charge is 0.00258 e. The maximum atomic E-state index is 8.35. The first-order valence-electron chi connectivity index (χ1n) is 5.44. The van der Waals surface area contributed by atoms with Crippen LogP contribution < -0.4 is 0 Å². The van der Waals surface area contributed by atoms with E-state index in [1.807, 2.05) is 0 Å². The zero-order chi connectivity index (χ0) is 14.3. The van der Waals surface area contributed by atoms with Crippen molar-refractivity contribution in [1.29, 1.82) is 10.8 Å². The van der Waals surface area contributed by atoms with Gasteiger partial charge in [0.1, 0.15) is 0 Å². The number of hydrogen-bond acceptors (Lipinski definition) is 4. The summed E-state index contributed by atoms with van der Waals surface area (Å²) in [6, 6.07) is 21.1. The molecule has 2 aromatic carbocycles. The van der Waals surface area contributed by atoms with Crippen molar-refractivity contribution in [3.63, 3.8) is 0 Å². The van der Waals surface area contributed by atoms with Crippen LogP contribution in [-0.4, -0.2) is 31.0 Å². The van der Waals surface area contributed by atoms with Gasteiger partial charge in [-0.25, -0.2) is 20.4 Å². The molecule has 0 aliphatic rings. The third-order valence-corrected chi connectivity index (χ3v) is 2.09. The van der Waals surface area contributed by atoms with E-state index >= 15 is 0 Å². The van der Waals surface area contributed by atoms with Crippen LogP contribution >= 0.6 is 0 Å². The molecule has 0 amide bonds. The maximum Gasteiger partial charge on any atom is -0.00258 e. The van der Waals surface area contributed by atoms with Gasteiger partial charge < -0.3 is 0 Å². The first-order chi connectivity index (χ1) is 9.28. The van der Waals surface area contributed by atoms with Gasteiger partial charge in [-0.3, -0.25) is 0 Å². The van der Waals surface area contributed by atoms with E-state index in [9.17, 15) is 0 Å². The van der Waals surface area contributed by atoms with E-state index in [2.05, 4.69) is 60.7 Å². The molecule has 2 aromatic rings. The molecule has 0 spiro atoms. The van der Waals surface area contributed by atoms with Crippen molar-refractivity contribution in [3.8, 4) is 0 Å². The second-order valence-electron chi connectivity index (χ2n) is 3.35. The van der Waals surface area contributed by atoms with Crippen molar-refractivity contribution in [1.82, 2.24) is 0 Å². The van der Waals surface area contributed by atoms with Crippen molar-refractivity contribution in [3.05, 3.63) is 71.8 Å². The fourth-order valence-corrected chi connectivity index (χ4v) is 1.43. The van der Waals surface area contributed by atoms with E-state index in [1.165, 1.54) is 11.1 Å². The summed E-state index contributed by atoms with van der Waals surface area (Å²) in [7, 11) is 0. The monoisotopic (exact) mass is 262 g/mol. The van der Waals surface area contributed by atoms with Crippen molar-refractivity contribution in [2.24, 2.45) is 0 Å². The summed E-state index contributed by atoms with van der Waals surface area (Å²) < 4.78 is 0. The fraction of sp³-hybridized carbons (Fsp3) is 0.0667. The molecule has 0 aliphatic carbocycles. The van der Waals surface area contributed by atoms with Crippen LogP contribution in [0.5, 0.6) is 0 Å². The molecule has 0 heterocycles. The molecule has 0 fully saturated rings. The average Bonchev–Trinajstić information content (AvgIpc) is 2.43. The summed E-state index contributed by atoms with van der Waals surface area (Å²) in [6.07, 6.45) is 2.53. The Labute approximate surface area is 130 Å². The molecule has 2 N–H and O–H groups in total. The van der Waals surface area contributed by atoms with Gasteiger partial charge in [0.15, 0.2) is 0 Å². The molecule has 5 heteroatoms.